The average Bonchev–Trinajstić information content (AvgIpc) is 2.16. The highest BCUT2D eigenvalue weighted by atomic mass is 35.5. The molecule has 0 atom stereocenters. The summed E-state index contributed by atoms with van der Waals surface area (Å²) in [6.45, 7) is 0.956. The second-order valence-electron chi connectivity index (χ2n) is 3.64. The second kappa shape index (κ2) is 5.73. The van der Waals surface area contributed by atoms with E-state index in [4.69, 9.17) is 11.6 Å². The topological polar surface area (TPSA) is 32.3 Å². The molecule has 82 valence electrons. The van der Waals surface area contributed by atoms with Crippen molar-refractivity contribution in [3.63, 3.8) is 0 Å². The van der Waals surface area contributed by atoms with Crippen molar-refractivity contribution < 1.29 is 4.79 Å². The van der Waals surface area contributed by atoms with Crippen LogP contribution < -0.4 is 5.32 Å². The lowest BCUT2D eigenvalue weighted by molar-refractivity contribution is -0.121. The van der Waals surface area contributed by atoms with Gasteiger partial charge >= 0.3 is 0 Å². The Kier molecular flexibility index (Phi) is 4.59. The molecule has 1 aromatic rings. The zero-order valence-corrected chi connectivity index (χ0v) is 9.71. The smallest absolute Gasteiger partial charge is 0.234 e. The molecule has 0 bridgehead atoms. The molecule has 1 aromatic carbocycles. The molecule has 0 radical (unpaired) electrons. The number of rotatable bonds is 4. The number of hydrogen-bond acceptors (Lipinski definition) is 2. The SMILES string of the molecule is CN(C)CC(=O)NCc1ccc(Cl)cc1. The summed E-state index contributed by atoms with van der Waals surface area (Å²) in [5.41, 5.74) is 1.05. The lowest BCUT2D eigenvalue weighted by Gasteiger charge is -2.09. The van der Waals surface area contributed by atoms with Gasteiger partial charge in [0.2, 0.25) is 5.91 Å². The fraction of sp³-hybridized carbons (Fsp3) is 0.364. The first kappa shape index (κ1) is 12.0. The molecule has 0 aliphatic heterocycles. The van der Waals surface area contributed by atoms with Crippen LogP contribution in [-0.4, -0.2) is 31.4 Å². The van der Waals surface area contributed by atoms with Crippen LogP contribution in [0.25, 0.3) is 0 Å². The van der Waals surface area contributed by atoms with Gasteiger partial charge in [0.1, 0.15) is 0 Å². The third-order valence-corrected chi connectivity index (χ3v) is 2.11. The van der Waals surface area contributed by atoms with Crippen LogP contribution in [0.2, 0.25) is 5.02 Å². The van der Waals surface area contributed by atoms with Gasteiger partial charge in [-0.05, 0) is 31.8 Å². The van der Waals surface area contributed by atoms with E-state index >= 15 is 0 Å². The van der Waals surface area contributed by atoms with E-state index in [1.54, 1.807) is 0 Å². The molecule has 1 N–H and O–H groups in total. The number of amides is 1. The summed E-state index contributed by atoms with van der Waals surface area (Å²) in [5, 5.41) is 3.53. The minimum Gasteiger partial charge on any atom is -0.351 e. The Labute approximate surface area is 95.0 Å². The van der Waals surface area contributed by atoms with Crippen molar-refractivity contribution >= 4 is 17.5 Å². The quantitative estimate of drug-likeness (QED) is 0.845. The predicted octanol–water partition coefficient (Wildman–Crippen LogP) is 1.52. The maximum atomic E-state index is 11.3. The Morgan fingerprint density at radius 2 is 1.93 bits per heavy atom. The van der Waals surface area contributed by atoms with E-state index in [1.807, 2.05) is 43.3 Å². The van der Waals surface area contributed by atoms with Gasteiger partial charge in [-0.3, -0.25) is 4.79 Å². The van der Waals surface area contributed by atoms with Crippen molar-refractivity contribution in [1.29, 1.82) is 0 Å². The molecule has 0 aromatic heterocycles. The maximum Gasteiger partial charge on any atom is 0.234 e. The van der Waals surface area contributed by atoms with Gasteiger partial charge in [-0.1, -0.05) is 23.7 Å². The lowest BCUT2D eigenvalue weighted by Crippen LogP contribution is -2.32. The summed E-state index contributed by atoms with van der Waals surface area (Å²) in [6.07, 6.45) is 0. The number of nitrogens with one attached hydrogen (secondary N) is 1. The van der Waals surface area contributed by atoms with Crippen molar-refractivity contribution in [3.8, 4) is 0 Å². The molecule has 3 nitrogen and oxygen atoms in total. The van der Waals surface area contributed by atoms with Crippen LogP contribution in [-0.2, 0) is 11.3 Å². The van der Waals surface area contributed by atoms with Crippen LogP contribution in [0.4, 0.5) is 0 Å². The Bertz CT molecular complexity index is 322. The van der Waals surface area contributed by atoms with Crippen LogP contribution in [0.15, 0.2) is 24.3 Å². The molecule has 4 heteroatoms. The number of nitrogens with zero attached hydrogens (tertiary/aromatic N) is 1. The molecule has 0 unspecified atom stereocenters. The monoisotopic (exact) mass is 226 g/mol. The molecule has 0 saturated carbocycles. The van der Waals surface area contributed by atoms with Gasteiger partial charge in [0.05, 0.1) is 6.54 Å². The predicted molar refractivity (Wildman–Crippen MR) is 61.9 cm³/mol. The minimum absolute atomic E-state index is 0.0231. The molecular weight excluding hydrogens is 212 g/mol. The first-order chi connectivity index (χ1) is 7.08. The zero-order chi connectivity index (χ0) is 11.3. The fourth-order valence-corrected chi connectivity index (χ4v) is 1.27. The fourth-order valence-electron chi connectivity index (χ4n) is 1.15. The maximum absolute atomic E-state index is 11.3. The van der Waals surface area contributed by atoms with E-state index < -0.39 is 0 Å². The molecule has 1 amide bonds. The standard InChI is InChI=1S/C11H15ClN2O/c1-14(2)8-11(15)13-7-9-3-5-10(12)6-4-9/h3-6H,7-8H2,1-2H3,(H,13,15). The van der Waals surface area contributed by atoms with E-state index in [2.05, 4.69) is 5.32 Å². The van der Waals surface area contributed by atoms with Gasteiger partial charge in [0.25, 0.3) is 0 Å². The number of likely N-dealkylation sites (N-methyl/N-ethyl adjacent to an activating group) is 1. The van der Waals surface area contributed by atoms with E-state index in [0.717, 1.165) is 5.56 Å². The van der Waals surface area contributed by atoms with Gasteiger partial charge < -0.3 is 10.2 Å². The molecule has 1 rings (SSSR count). The number of carbonyl (C=O) groups is 1. The molecule has 0 saturated heterocycles. The van der Waals surface area contributed by atoms with Crippen molar-refractivity contribution in [2.24, 2.45) is 0 Å². The highest BCUT2D eigenvalue weighted by Gasteiger charge is 2.01. The summed E-state index contributed by atoms with van der Waals surface area (Å²) in [7, 11) is 3.73. The molecular formula is C11H15ClN2O. The number of benzene rings is 1. The van der Waals surface area contributed by atoms with Crippen LogP contribution in [0.3, 0.4) is 0 Å². The third kappa shape index (κ3) is 4.81. The van der Waals surface area contributed by atoms with E-state index in [0.29, 0.717) is 18.1 Å². The van der Waals surface area contributed by atoms with Crippen molar-refractivity contribution in [1.82, 2.24) is 10.2 Å². The summed E-state index contributed by atoms with van der Waals surface area (Å²) in [5.74, 6) is 0.0231. The van der Waals surface area contributed by atoms with Crippen LogP contribution in [0, 0.1) is 0 Å². The Hall–Kier alpha value is -1.06. The summed E-state index contributed by atoms with van der Waals surface area (Å²) < 4.78 is 0. The Balaban J connectivity index is 2.37. The highest BCUT2D eigenvalue weighted by molar-refractivity contribution is 6.30. The van der Waals surface area contributed by atoms with E-state index in [1.165, 1.54) is 0 Å². The molecule has 0 aliphatic rings. The van der Waals surface area contributed by atoms with E-state index in [-0.39, 0.29) is 5.91 Å². The van der Waals surface area contributed by atoms with Gasteiger partial charge in [0, 0.05) is 11.6 Å². The number of carbonyl (C=O) groups excluding carboxylic acids is 1. The molecule has 15 heavy (non-hydrogen) atoms. The zero-order valence-electron chi connectivity index (χ0n) is 8.96. The van der Waals surface area contributed by atoms with Crippen molar-refractivity contribution in [2.75, 3.05) is 20.6 Å². The largest absolute Gasteiger partial charge is 0.351 e. The van der Waals surface area contributed by atoms with Gasteiger partial charge in [-0.25, -0.2) is 0 Å². The first-order valence-electron chi connectivity index (χ1n) is 4.74. The van der Waals surface area contributed by atoms with Crippen LogP contribution in [0.5, 0.6) is 0 Å². The normalized spacial score (nSPS) is 10.4. The molecule has 0 fully saturated rings. The molecule has 0 heterocycles. The first-order valence-corrected chi connectivity index (χ1v) is 5.11. The van der Waals surface area contributed by atoms with Gasteiger partial charge in [-0.2, -0.15) is 0 Å². The highest BCUT2D eigenvalue weighted by Crippen LogP contribution is 2.08. The van der Waals surface area contributed by atoms with Crippen LogP contribution in [0.1, 0.15) is 5.56 Å². The summed E-state index contributed by atoms with van der Waals surface area (Å²) in [4.78, 5) is 13.1. The van der Waals surface area contributed by atoms with Gasteiger partial charge in [0.15, 0.2) is 0 Å². The van der Waals surface area contributed by atoms with Crippen molar-refractivity contribution in [3.05, 3.63) is 34.9 Å². The lowest BCUT2D eigenvalue weighted by atomic mass is 10.2. The van der Waals surface area contributed by atoms with E-state index in [9.17, 15) is 4.79 Å². The number of halogens is 1. The molecule has 0 aliphatic carbocycles. The Morgan fingerprint density at radius 1 is 1.33 bits per heavy atom. The van der Waals surface area contributed by atoms with Crippen molar-refractivity contribution in [2.45, 2.75) is 6.54 Å². The Morgan fingerprint density at radius 3 is 2.47 bits per heavy atom. The summed E-state index contributed by atoms with van der Waals surface area (Å²) >= 11 is 5.75. The third-order valence-electron chi connectivity index (χ3n) is 1.86. The minimum atomic E-state index is 0.0231. The summed E-state index contributed by atoms with van der Waals surface area (Å²) in [6, 6.07) is 7.43. The second-order valence-corrected chi connectivity index (χ2v) is 4.08. The van der Waals surface area contributed by atoms with Gasteiger partial charge in [-0.15, -0.1) is 0 Å². The average molecular weight is 227 g/mol. The number of hydrogen-bond donors (Lipinski definition) is 1. The van der Waals surface area contributed by atoms with Crippen LogP contribution >= 0.6 is 11.6 Å². The molecule has 0 spiro atoms.